The van der Waals surface area contributed by atoms with E-state index in [1.807, 2.05) is 48.6 Å². The summed E-state index contributed by atoms with van der Waals surface area (Å²) in [6.45, 7) is 3.65. The zero-order valence-electron chi connectivity index (χ0n) is 20.1. The highest BCUT2D eigenvalue weighted by atomic mass is 16.6. The quantitative estimate of drug-likeness (QED) is 0.358. The fourth-order valence-corrected chi connectivity index (χ4v) is 3.69. The number of benzene rings is 2. The minimum Gasteiger partial charge on any atom is -0.481 e. The number of carbonyl (C=O) groups is 3. The molecule has 0 atom stereocenters. The molecule has 0 bridgehead atoms. The Bertz CT molecular complexity index is 1030. The molecular weight excluding hydrogens is 448 g/mol. The van der Waals surface area contributed by atoms with Crippen molar-refractivity contribution >= 4 is 29.9 Å². The first-order chi connectivity index (χ1) is 17.0. The molecule has 0 saturated heterocycles. The molecule has 1 saturated carbocycles. The fourth-order valence-electron chi connectivity index (χ4n) is 3.69. The highest BCUT2D eigenvalue weighted by Gasteiger charge is 2.22. The third-order valence-corrected chi connectivity index (χ3v) is 5.27. The van der Waals surface area contributed by atoms with Crippen LogP contribution >= 0.6 is 0 Å². The SMILES string of the molecule is CCOC(=O)COc1ccccc1/C=C1\CCC/C(=C\c2ccccc2OCC(=O)OCC)C1=O. The minimum absolute atomic E-state index is 0.0448. The lowest BCUT2D eigenvalue weighted by Gasteiger charge is -2.18. The van der Waals surface area contributed by atoms with E-state index in [1.54, 1.807) is 26.0 Å². The van der Waals surface area contributed by atoms with Gasteiger partial charge in [0.1, 0.15) is 11.5 Å². The van der Waals surface area contributed by atoms with Gasteiger partial charge in [-0.2, -0.15) is 0 Å². The second-order valence-corrected chi connectivity index (χ2v) is 7.78. The molecule has 0 aliphatic heterocycles. The van der Waals surface area contributed by atoms with Gasteiger partial charge in [0.2, 0.25) is 0 Å². The molecule has 2 aromatic rings. The van der Waals surface area contributed by atoms with Gasteiger partial charge in [0.25, 0.3) is 0 Å². The number of allylic oxidation sites excluding steroid dienone is 2. The van der Waals surface area contributed by atoms with Crippen LogP contribution in [0.3, 0.4) is 0 Å². The van der Waals surface area contributed by atoms with E-state index in [0.29, 0.717) is 35.5 Å². The lowest BCUT2D eigenvalue weighted by molar-refractivity contribution is -0.146. The summed E-state index contributed by atoms with van der Waals surface area (Å²) in [5.41, 5.74) is 2.78. The summed E-state index contributed by atoms with van der Waals surface area (Å²) in [6, 6.07) is 14.5. The average molecular weight is 479 g/mol. The van der Waals surface area contributed by atoms with Gasteiger partial charge in [-0.05, 0) is 57.4 Å². The van der Waals surface area contributed by atoms with E-state index in [2.05, 4.69) is 0 Å². The van der Waals surface area contributed by atoms with E-state index >= 15 is 0 Å². The van der Waals surface area contributed by atoms with E-state index in [-0.39, 0.29) is 32.2 Å². The Kier molecular flexibility index (Phi) is 9.66. The molecule has 184 valence electrons. The number of carbonyl (C=O) groups excluding carboxylic acids is 3. The van der Waals surface area contributed by atoms with E-state index < -0.39 is 11.9 Å². The van der Waals surface area contributed by atoms with Crippen molar-refractivity contribution in [3.8, 4) is 11.5 Å². The second kappa shape index (κ2) is 13.1. The molecule has 1 fully saturated rings. The van der Waals surface area contributed by atoms with Crippen LogP contribution in [0.25, 0.3) is 12.2 Å². The number of ether oxygens (including phenoxy) is 4. The van der Waals surface area contributed by atoms with Crippen LogP contribution in [-0.4, -0.2) is 44.1 Å². The zero-order chi connectivity index (χ0) is 25.0. The van der Waals surface area contributed by atoms with Crippen molar-refractivity contribution in [1.82, 2.24) is 0 Å². The fraction of sp³-hybridized carbons (Fsp3) is 0.321. The Labute approximate surface area is 205 Å². The van der Waals surface area contributed by atoms with Crippen molar-refractivity contribution in [3.05, 3.63) is 70.8 Å². The first-order valence-electron chi connectivity index (χ1n) is 11.7. The third-order valence-electron chi connectivity index (χ3n) is 5.27. The second-order valence-electron chi connectivity index (χ2n) is 7.78. The summed E-state index contributed by atoms with van der Waals surface area (Å²) >= 11 is 0. The normalized spacial score (nSPS) is 15.7. The molecule has 0 unspecified atom stereocenters. The Hall–Kier alpha value is -3.87. The summed E-state index contributed by atoms with van der Waals surface area (Å²) in [5.74, 6) is 0.0801. The Morgan fingerprint density at radius 2 is 1.17 bits per heavy atom. The third kappa shape index (κ3) is 7.57. The van der Waals surface area contributed by atoms with Gasteiger partial charge >= 0.3 is 11.9 Å². The molecule has 0 heterocycles. The number of hydrogen-bond acceptors (Lipinski definition) is 7. The van der Waals surface area contributed by atoms with Crippen molar-refractivity contribution in [2.45, 2.75) is 33.1 Å². The van der Waals surface area contributed by atoms with Crippen molar-refractivity contribution < 1.29 is 33.3 Å². The van der Waals surface area contributed by atoms with Gasteiger partial charge in [0.15, 0.2) is 19.0 Å². The van der Waals surface area contributed by atoms with Gasteiger partial charge in [-0.3, -0.25) is 4.79 Å². The predicted molar refractivity (Wildman–Crippen MR) is 132 cm³/mol. The molecule has 35 heavy (non-hydrogen) atoms. The van der Waals surface area contributed by atoms with Crippen LogP contribution in [0.5, 0.6) is 11.5 Å². The zero-order valence-corrected chi connectivity index (χ0v) is 20.1. The van der Waals surface area contributed by atoms with Crippen LogP contribution < -0.4 is 9.47 Å². The van der Waals surface area contributed by atoms with Gasteiger partial charge in [0, 0.05) is 22.3 Å². The molecule has 7 heteroatoms. The molecule has 0 N–H and O–H groups in total. The Morgan fingerprint density at radius 3 is 1.60 bits per heavy atom. The summed E-state index contributed by atoms with van der Waals surface area (Å²) in [7, 11) is 0. The highest BCUT2D eigenvalue weighted by molar-refractivity contribution is 6.14. The van der Waals surface area contributed by atoms with Crippen LogP contribution in [0.15, 0.2) is 59.7 Å². The molecule has 0 radical (unpaired) electrons. The van der Waals surface area contributed by atoms with Gasteiger partial charge in [0.05, 0.1) is 13.2 Å². The number of ketones is 1. The number of rotatable bonds is 10. The first-order valence-corrected chi connectivity index (χ1v) is 11.7. The van der Waals surface area contributed by atoms with Crippen LogP contribution in [0.4, 0.5) is 0 Å². The minimum atomic E-state index is -0.447. The predicted octanol–water partition coefficient (Wildman–Crippen LogP) is 4.79. The summed E-state index contributed by atoms with van der Waals surface area (Å²) < 4.78 is 21.1. The molecule has 3 rings (SSSR count). The standard InChI is InChI=1S/C28H30O7/c1-3-32-26(29)18-34-24-14-7-5-10-20(24)16-22-12-9-13-23(28(22)31)17-21-11-6-8-15-25(21)35-19-27(30)33-4-2/h5-8,10-11,14-17H,3-4,9,12-13,18-19H2,1-2H3/b22-16+,23-17+. The Morgan fingerprint density at radius 1 is 0.743 bits per heavy atom. The highest BCUT2D eigenvalue weighted by Crippen LogP contribution is 2.31. The lowest BCUT2D eigenvalue weighted by atomic mass is 9.86. The summed E-state index contributed by atoms with van der Waals surface area (Å²) in [6.07, 6.45) is 5.74. The van der Waals surface area contributed by atoms with E-state index in [0.717, 1.165) is 17.5 Å². The van der Waals surface area contributed by atoms with E-state index in [4.69, 9.17) is 18.9 Å². The van der Waals surface area contributed by atoms with Crippen LogP contribution in [-0.2, 0) is 23.9 Å². The number of esters is 2. The summed E-state index contributed by atoms with van der Waals surface area (Å²) in [5, 5.41) is 0. The van der Waals surface area contributed by atoms with Crippen LogP contribution in [0, 0.1) is 0 Å². The van der Waals surface area contributed by atoms with Crippen LogP contribution in [0.1, 0.15) is 44.2 Å². The van der Waals surface area contributed by atoms with Crippen molar-refractivity contribution in [3.63, 3.8) is 0 Å². The molecule has 1 aliphatic carbocycles. The van der Waals surface area contributed by atoms with E-state index in [9.17, 15) is 14.4 Å². The molecule has 0 spiro atoms. The topological polar surface area (TPSA) is 88.1 Å². The van der Waals surface area contributed by atoms with Gasteiger partial charge in [-0.25, -0.2) is 9.59 Å². The maximum absolute atomic E-state index is 13.3. The molecule has 2 aromatic carbocycles. The molecular formula is C28H30O7. The smallest absolute Gasteiger partial charge is 0.344 e. The average Bonchev–Trinajstić information content (AvgIpc) is 2.86. The maximum atomic E-state index is 13.3. The van der Waals surface area contributed by atoms with Crippen molar-refractivity contribution in [1.29, 1.82) is 0 Å². The molecule has 0 aromatic heterocycles. The van der Waals surface area contributed by atoms with Gasteiger partial charge in [-0.1, -0.05) is 36.4 Å². The van der Waals surface area contributed by atoms with E-state index in [1.165, 1.54) is 0 Å². The van der Waals surface area contributed by atoms with Crippen LogP contribution in [0.2, 0.25) is 0 Å². The van der Waals surface area contributed by atoms with Gasteiger partial charge < -0.3 is 18.9 Å². The Balaban J connectivity index is 1.79. The summed E-state index contributed by atoms with van der Waals surface area (Å²) in [4.78, 5) is 36.6. The number of hydrogen-bond donors (Lipinski definition) is 0. The number of para-hydroxylation sites is 2. The molecule has 7 nitrogen and oxygen atoms in total. The van der Waals surface area contributed by atoms with Gasteiger partial charge in [-0.15, -0.1) is 0 Å². The molecule has 1 aliphatic rings. The first kappa shape index (κ1) is 25.7. The lowest BCUT2D eigenvalue weighted by Crippen LogP contribution is -2.15. The largest absolute Gasteiger partial charge is 0.481 e. The maximum Gasteiger partial charge on any atom is 0.344 e. The number of Topliss-reactive ketones (excluding diaryl/α,β-unsaturated/α-hetero) is 1. The monoisotopic (exact) mass is 478 g/mol. The van der Waals surface area contributed by atoms with Crippen molar-refractivity contribution in [2.24, 2.45) is 0 Å². The van der Waals surface area contributed by atoms with Crippen molar-refractivity contribution in [2.75, 3.05) is 26.4 Å². The molecule has 0 amide bonds.